The summed E-state index contributed by atoms with van der Waals surface area (Å²) in [5.74, 6) is 5.12. The molecular formula is C30H51NO3. The van der Waals surface area contributed by atoms with Crippen molar-refractivity contribution < 1.29 is 14.6 Å². The molecule has 5 unspecified atom stereocenters. The molecule has 0 aromatic heterocycles. The Hall–Kier alpha value is -1.03. The van der Waals surface area contributed by atoms with Gasteiger partial charge in [0.1, 0.15) is 6.10 Å². The number of rotatable bonds is 8. The smallest absolute Gasteiger partial charge is 0.407 e. The van der Waals surface area contributed by atoms with Crippen LogP contribution < -0.4 is 5.32 Å². The van der Waals surface area contributed by atoms with E-state index < -0.39 is 0 Å². The van der Waals surface area contributed by atoms with Gasteiger partial charge in [0.2, 0.25) is 0 Å². The zero-order valence-corrected chi connectivity index (χ0v) is 22.6. The number of nitrogens with one attached hydrogen (secondary N) is 1. The van der Waals surface area contributed by atoms with Crippen molar-refractivity contribution in [1.29, 1.82) is 0 Å². The number of aliphatic hydroxyl groups is 1. The summed E-state index contributed by atoms with van der Waals surface area (Å²) in [4.78, 5) is 12.0. The average molecular weight is 474 g/mol. The SMILES string of the molecule is CC(C)CCCC(C)C1CCC2C3CC=C4C[C@H](OC(=O)NCCO)CC[C@@]4(C)C3CC[C@@]12C. The number of aliphatic hydroxyl groups excluding tert-OH is 1. The van der Waals surface area contributed by atoms with E-state index in [1.807, 2.05) is 0 Å². The maximum Gasteiger partial charge on any atom is 0.407 e. The van der Waals surface area contributed by atoms with Crippen molar-refractivity contribution in [2.24, 2.45) is 46.3 Å². The van der Waals surface area contributed by atoms with Crippen molar-refractivity contribution in [2.75, 3.05) is 13.2 Å². The van der Waals surface area contributed by atoms with Gasteiger partial charge in [-0.05, 0) is 91.3 Å². The molecule has 4 aliphatic carbocycles. The molecular weight excluding hydrogens is 422 g/mol. The maximum atomic E-state index is 12.0. The van der Waals surface area contributed by atoms with Crippen molar-refractivity contribution in [3.63, 3.8) is 0 Å². The lowest BCUT2D eigenvalue weighted by Gasteiger charge is -2.58. The van der Waals surface area contributed by atoms with Gasteiger partial charge in [-0.15, -0.1) is 0 Å². The molecule has 0 aliphatic heterocycles. The summed E-state index contributed by atoms with van der Waals surface area (Å²) < 4.78 is 5.69. The van der Waals surface area contributed by atoms with Gasteiger partial charge in [-0.1, -0.05) is 65.5 Å². The highest BCUT2D eigenvalue weighted by Gasteiger charge is 2.59. The predicted molar refractivity (Wildman–Crippen MR) is 138 cm³/mol. The van der Waals surface area contributed by atoms with E-state index in [1.54, 1.807) is 5.57 Å². The molecule has 4 aliphatic rings. The molecule has 34 heavy (non-hydrogen) atoms. The first kappa shape index (κ1) is 26.0. The molecule has 4 rings (SSSR count). The van der Waals surface area contributed by atoms with Gasteiger partial charge >= 0.3 is 6.09 Å². The van der Waals surface area contributed by atoms with Crippen molar-refractivity contribution >= 4 is 6.09 Å². The minimum absolute atomic E-state index is 0.0222. The summed E-state index contributed by atoms with van der Waals surface area (Å²) in [6.45, 7) is 12.7. The third-order valence-electron chi connectivity index (χ3n) is 10.9. The van der Waals surface area contributed by atoms with Crippen LogP contribution in [0.2, 0.25) is 0 Å². The lowest BCUT2D eigenvalue weighted by Crippen LogP contribution is -2.51. The first-order valence-corrected chi connectivity index (χ1v) is 14.4. The van der Waals surface area contributed by atoms with Gasteiger partial charge in [0.05, 0.1) is 6.61 Å². The van der Waals surface area contributed by atoms with Crippen LogP contribution in [0, 0.1) is 46.3 Å². The monoisotopic (exact) mass is 473 g/mol. The van der Waals surface area contributed by atoms with Gasteiger partial charge in [0.25, 0.3) is 0 Å². The van der Waals surface area contributed by atoms with Gasteiger partial charge in [-0.3, -0.25) is 0 Å². The molecule has 3 fully saturated rings. The van der Waals surface area contributed by atoms with Crippen LogP contribution in [0.25, 0.3) is 0 Å². The summed E-state index contributed by atoms with van der Waals surface area (Å²) in [7, 11) is 0. The fourth-order valence-electron chi connectivity index (χ4n) is 9.10. The minimum atomic E-state index is -0.384. The van der Waals surface area contributed by atoms with E-state index in [-0.39, 0.29) is 30.8 Å². The second-order valence-electron chi connectivity index (χ2n) is 13.2. The highest BCUT2D eigenvalue weighted by Crippen LogP contribution is 2.67. The van der Waals surface area contributed by atoms with Gasteiger partial charge in [0, 0.05) is 13.0 Å². The van der Waals surface area contributed by atoms with Gasteiger partial charge in [-0.25, -0.2) is 4.79 Å². The standard InChI is InChI=1S/C30H51NO3/c1-20(2)7-6-8-21(3)25-11-12-26-24-10-9-22-19-23(34-28(33)31-17-18-32)13-15-29(22,4)27(24)14-16-30(25,26)5/h9,20-21,23-27,32H,6-8,10-19H2,1-5H3,(H,31,33)/t21?,23-,24?,25?,26?,27?,29-,30+/m1/s1. The van der Waals surface area contributed by atoms with Gasteiger partial charge in [-0.2, -0.15) is 0 Å². The Morgan fingerprint density at radius 2 is 1.91 bits per heavy atom. The summed E-state index contributed by atoms with van der Waals surface area (Å²) in [5, 5.41) is 11.6. The second kappa shape index (κ2) is 10.5. The summed E-state index contributed by atoms with van der Waals surface area (Å²) >= 11 is 0. The third-order valence-corrected chi connectivity index (χ3v) is 10.9. The van der Waals surface area contributed by atoms with Crippen molar-refractivity contribution in [3.05, 3.63) is 11.6 Å². The second-order valence-corrected chi connectivity index (χ2v) is 13.2. The fourth-order valence-corrected chi connectivity index (χ4v) is 9.10. The molecule has 0 bridgehead atoms. The molecule has 1 amide bonds. The van der Waals surface area contributed by atoms with E-state index >= 15 is 0 Å². The van der Waals surface area contributed by atoms with E-state index in [4.69, 9.17) is 9.84 Å². The Morgan fingerprint density at radius 1 is 1.12 bits per heavy atom. The number of alkyl carbamates (subject to hydrolysis) is 1. The molecule has 3 saturated carbocycles. The number of carbonyl (C=O) groups is 1. The average Bonchev–Trinajstić information content (AvgIpc) is 3.15. The van der Waals surface area contributed by atoms with Crippen LogP contribution in [0.5, 0.6) is 0 Å². The Labute approximate surface area is 208 Å². The maximum absolute atomic E-state index is 12.0. The normalized spacial score (nSPS) is 40.1. The van der Waals surface area contributed by atoms with E-state index in [9.17, 15) is 4.79 Å². The highest BCUT2D eigenvalue weighted by molar-refractivity contribution is 5.67. The number of allylic oxidation sites excluding steroid dienone is 1. The zero-order valence-electron chi connectivity index (χ0n) is 22.6. The molecule has 4 nitrogen and oxygen atoms in total. The van der Waals surface area contributed by atoms with Crippen LogP contribution in [0.4, 0.5) is 4.79 Å². The molecule has 194 valence electrons. The number of fused-ring (bicyclic) bond motifs is 5. The Morgan fingerprint density at radius 3 is 2.65 bits per heavy atom. The summed E-state index contributed by atoms with van der Waals surface area (Å²) in [6, 6.07) is 0. The predicted octanol–water partition coefficient (Wildman–Crippen LogP) is 7.11. The highest BCUT2D eigenvalue weighted by atomic mass is 16.6. The van der Waals surface area contributed by atoms with Crippen LogP contribution in [0.1, 0.15) is 105 Å². The van der Waals surface area contributed by atoms with Crippen LogP contribution in [0.15, 0.2) is 11.6 Å². The van der Waals surface area contributed by atoms with Crippen molar-refractivity contribution in [2.45, 2.75) is 111 Å². The first-order valence-electron chi connectivity index (χ1n) is 14.4. The number of carbonyl (C=O) groups excluding carboxylic acids is 1. The van der Waals surface area contributed by atoms with E-state index in [2.05, 4.69) is 46.0 Å². The first-order chi connectivity index (χ1) is 16.2. The summed E-state index contributed by atoms with van der Waals surface area (Å²) in [6.07, 6.45) is 16.2. The molecule has 0 saturated heterocycles. The lowest BCUT2D eigenvalue weighted by atomic mass is 9.47. The Balaban J connectivity index is 1.41. The van der Waals surface area contributed by atoms with Crippen LogP contribution in [-0.4, -0.2) is 30.5 Å². The molecule has 0 aromatic carbocycles. The number of hydrogen-bond donors (Lipinski definition) is 2. The van der Waals surface area contributed by atoms with E-state index in [0.29, 0.717) is 5.41 Å². The Kier molecular flexibility index (Phi) is 8.06. The van der Waals surface area contributed by atoms with Crippen LogP contribution in [0.3, 0.4) is 0 Å². The quantitative estimate of drug-likeness (QED) is 0.369. The van der Waals surface area contributed by atoms with E-state index in [1.165, 1.54) is 51.4 Å². The fraction of sp³-hybridized carbons (Fsp3) is 0.900. The van der Waals surface area contributed by atoms with Crippen LogP contribution in [-0.2, 0) is 4.74 Å². The zero-order chi connectivity index (χ0) is 24.5. The molecule has 0 aromatic rings. The van der Waals surface area contributed by atoms with Crippen molar-refractivity contribution in [1.82, 2.24) is 5.32 Å². The molecule has 0 radical (unpaired) electrons. The molecule has 0 spiro atoms. The topological polar surface area (TPSA) is 58.6 Å². The molecule has 4 heteroatoms. The number of amides is 1. The lowest BCUT2D eigenvalue weighted by molar-refractivity contribution is -0.0581. The van der Waals surface area contributed by atoms with Gasteiger partial charge < -0.3 is 15.2 Å². The van der Waals surface area contributed by atoms with E-state index in [0.717, 1.165) is 54.8 Å². The van der Waals surface area contributed by atoms with Crippen molar-refractivity contribution in [3.8, 4) is 0 Å². The molecule has 2 N–H and O–H groups in total. The number of ether oxygens (including phenoxy) is 1. The number of hydrogen-bond acceptors (Lipinski definition) is 3. The molecule has 0 heterocycles. The molecule has 8 atom stereocenters. The summed E-state index contributed by atoms with van der Waals surface area (Å²) in [5.41, 5.74) is 2.37. The van der Waals surface area contributed by atoms with Gasteiger partial charge in [0.15, 0.2) is 0 Å². The minimum Gasteiger partial charge on any atom is -0.446 e. The third kappa shape index (κ3) is 4.95. The largest absolute Gasteiger partial charge is 0.446 e. The van der Waals surface area contributed by atoms with Crippen LogP contribution >= 0.6 is 0 Å². The Bertz CT molecular complexity index is 747.